The lowest BCUT2D eigenvalue weighted by molar-refractivity contribution is 0.141. The van der Waals surface area contributed by atoms with E-state index in [0.717, 1.165) is 38.2 Å². The van der Waals surface area contributed by atoms with Gasteiger partial charge in [0.05, 0.1) is 5.56 Å². The summed E-state index contributed by atoms with van der Waals surface area (Å²) in [5, 5.41) is 6.75. The predicted octanol–water partition coefficient (Wildman–Crippen LogP) is 3.56. The lowest BCUT2D eigenvalue weighted by Crippen LogP contribution is -2.45. The number of amides is 1. The number of carbonyl (C=O) groups excluding carboxylic acids is 1. The number of fused-ring (bicyclic) bond motifs is 1. The van der Waals surface area contributed by atoms with Gasteiger partial charge in [0, 0.05) is 51.5 Å². The molecule has 2 aliphatic rings. The number of rotatable bonds is 8. The van der Waals surface area contributed by atoms with Gasteiger partial charge in [-0.1, -0.05) is 38.1 Å². The van der Waals surface area contributed by atoms with Gasteiger partial charge in [-0.2, -0.15) is 4.98 Å². The number of nitrogens with one attached hydrogen (secondary N) is 2. The Kier molecular flexibility index (Phi) is 7.22. The summed E-state index contributed by atoms with van der Waals surface area (Å²) in [7, 11) is 0. The van der Waals surface area contributed by atoms with Crippen LogP contribution in [0.3, 0.4) is 0 Å². The van der Waals surface area contributed by atoms with Crippen molar-refractivity contribution in [1.82, 2.24) is 20.2 Å². The Balaban J connectivity index is 1.42. The number of hydrogen-bond acceptors (Lipinski definition) is 7. The number of ether oxygens (including phenoxy) is 1. The molecule has 2 N–H and O–H groups in total. The van der Waals surface area contributed by atoms with Gasteiger partial charge in [0.25, 0.3) is 0 Å². The summed E-state index contributed by atoms with van der Waals surface area (Å²) in [6.07, 6.45) is 2.53. The molecule has 1 amide bonds. The monoisotopic (exact) mass is 438 g/mol. The molecule has 2 aromatic rings. The highest BCUT2D eigenvalue weighted by molar-refractivity contribution is 5.89. The summed E-state index contributed by atoms with van der Waals surface area (Å²) in [6.45, 7) is 12.2. The van der Waals surface area contributed by atoms with Gasteiger partial charge >= 0.3 is 6.09 Å². The van der Waals surface area contributed by atoms with Crippen molar-refractivity contribution < 1.29 is 9.53 Å². The minimum absolute atomic E-state index is 0.219. The van der Waals surface area contributed by atoms with E-state index in [2.05, 4.69) is 63.6 Å². The third-order valence-electron chi connectivity index (χ3n) is 6.09. The van der Waals surface area contributed by atoms with Crippen LogP contribution in [0.5, 0.6) is 0 Å². The van der Waals surface area contributed by atoms with E-state index in [0.29, 0.717) is 36.8 Å². The standard InChI is InChI=1S/C24H34N6O2/c1-4-30-22-20(16-32-24(30)31)15-27-23(28-22)26-14-18-5-7-19(8-6-18)21(13-17(2)3)29-11-9-25-10-12-29/h5-8,15,17,21,25H,4,9-14,16H2,1-3H3,(H,26,27,28). The third kappa shape index (κ3) is 5.19. The van der Waals surface area contributed by atoms with Crippen LogP contribution in [0.1, 0.15) is 49.9 Å². The molecule has 1 fully saturated rings. The van der Waals surface area contributed by atoms with Crippen LogP contribution in [-0.4, -0.2) is 53.7 Å². The number of hydrogen-bond donors (Lipinski definition) is 2. The highest BCUT2D eigenvalue weighted by Crippen LogP contribution is 2.29. The van der Waals surface area contributed by atoms with Crippen molar-refractivity contribution >= 4 is 17.9 Å². The van der Waals surface area contributed by atoms with Gasteiger partial charge in [0.1, 0.15) is 12.4 Å². The fourth-order valence-electron chi connectivity index (χ4n) is 4.38. The summed E-state index contributed by atoms with van der Waals surface area (Å²) < 4.78 is 5.15. The normalized spacial score (nSPS) is 17.8. The predicted molar refractivity (Wildman–Crippen MR) is 126 cm³/mol. The number of carbonyl (C=O) groups is 1. The van der Waals surface area contributed by atoms with Crippen molar-refractivity contribution in [2.75, 3.05) is 42.9 Å². The van der Waals surface area contributed by atoms with E-state index in [1.807, 2.05) is 6.92 Å². The maximum atomic E-state index is 12.0. The molecule has 3 heterocycles. The second kappa shape index (κ2) is 10.3. The molecular weight excluding hydrogens is 404 g/mol. The number of benzene rings is 1. The van der Waals surface area contributed by atoms with E-state index in [4.69, 9.17) is 4.74 Å². The van der Waals surface area contributed by atoms with Gasteiger partial charge in [-0.15, -0.1) is 0 Å². The maximum Gasteiger partial charge on any atom is 0.415 e. The molecule has 4 rings (SSSR count). The van der Waals surface area contributed by atoms with Crippen LogP contribution in [0.2, 0.25) is 0 Å². The zero-order valence-electron chi connectivity index (χ0n) is 19.3. The molecule has 172 valence electrons. The van der Waals surface area contributed by atoms with Crippen LogP contribution >= 0.6 is 0 Å². The lowest BCUT2D eigenvalue weighted by Gasteiger charge is -2.36. The van der Waals surface area contributed by atoms with Crippen molar-refractivity contribution in [3.8, 4) is 0 Å². The van der Waals surface area contributed by atoms with E-state index in [9.17, 15) is 4.79 Å². The number of anilines is 2. The highest BCUT2D eigenvalue weighted by Gasteiger charge is 2.26. The van der Waals surface area contributed by atoms with Crippen LogP contribution in [0.4, 0.5) is 16.6 Å². The van der Waals surface area contributed by atoms with E-state index in [1.165, 1.54) is 16.0 Å². The average Bonchev–Trinajstić information content (AvgIpc) is 2.82. The van der Waals surface area contributed by atoms with E-state index >= 15 is 0 Å². The van der Waals surface area contributed by atoms with Crippen LogP contribution in [0, 0.1) is 5.92 Å². The number of aromatic nitrogens is 2. The van der Waals surface area contributed by atoms with Crippen LogP contribution in [0.15, 0.2) is 30.5 Å². The summed E-state index contributed by atoms with van der Waals surface area (Å²) in [4.78, 5) is 25.1. The Hall–Kier alpha value is -2.71. The van der Waals surface area contributed by atoms with Crippen LogP contribution in [0.25, 0.3) is 0 Å². The molecule has 1 atom stereocenters. The Bertz CT molecular complexity index is 911. The largest absolute Gasteiger partial charge is 0.444 e. The van der Waals surface area contributed by atoms with Crippen LogP contribution in [-0.2, 0) is 17.9 Å². The van der Waals surface area contributed by atoms with Crippen molar-refractivity contribution in [2.45, 2.75) is 46.4 Å². The van der Waals surface area contributed by atoms with Crippen molar-refractivity contribution in [3.05, 3.63) is 47.2 Å². The summed E-state index contributed by atoms with van der Waals surface area (Å²) in [5.41, 5.74) is 3.38. The number of piperazine rings is 1. The molecule has 0 radical (unpaired) electrons. The maximum absolute atomic E-state index is 12.0. The summed E-state index contributed by atoms with van der Waals surface area (Å²) in [6, 6.07) is 9.35. The smallest absolute Gasteiger partial charge is 0.415 e. The SMILES string of the molecule is CCN1C(=O)OCc2cnc(NCc3ccc(C(CC(C)C)N4CCNCC4)cc3)nc21. The number of cyclic esters (lactones) is 1. The van der Waals surface area contributed by atoms with Crippen molar-refractivity contribution in [3.63, 3.8) is 0 Å². The molecule has 0 spiro atoms. The second-order valence-electron chi connectivity index (χ2n) is 8.87. The molecule has 8 nitrogen and oxygen atoms in total. The Labute approximate surface area is 190 Å². The fourth-order valence-corrected chi connectivity index (χ4v) is 4.38. The summed E-state index contributed by atoms with van der Waals surface area (Å²) in [5.74, 6) is 1.79. The molecule has 0 bridgehead atoms. The van der Waals surface area contributed by atoms with Gasteiger partial charge in [0.2, 0.25) is 5.95 Å². The molecule has 1 unspecified atom stereocenters. The Morgan fingerprint density at radius 1 is 1.19 bits per heavy atom. The van der Waals surface area contributed by atoms with Gasteiger partial charge < -0.3 is 15.4 Å². The average molecular weight is 439 g/mol. The molecule has 32 heavy (non-hydrogen) atoms. The van der Waals surface area contributed by atoms with Crippen LogP contribution < -0.4 is 15.5 Å². The first-order chi connectivity index (χ1) is 15.5. The second-order valence-corrected chi connectivity index (χ2v) is 8.87. The Morgan fingerprint density at radius 2 is 1.94 bits per heavy atom. The van der Waals surface area contributed by atoms with Gasteiger partial charge in [-0.25, -0.2) is 9.78 Å². The number of nitrogens with zero attached hydrogens (tertiary/aromatic N) is 4. The molecule has 1 aromatic heterocycles. The highest BCUT2D eigenvalue weighted by atomic mass is 16.6. The molecule has 0 aliphatic carbocycles. The minimum Gasteiger partial charge on any atom is -0.444 e. The van der Waals surface area contributed by atoms with E-state index in [-0.39, 0.29) is 12.7 Å². The first kappa shape index (κ1) is 22.5. The van der Waals surface area contributed by atoms with Crippen molar-refractivity contribution in [1.29, 1.82) is 0 Å². The Morgan fingerprint density at radius 3 is 2.62 bits per heavy atom. The zero-order chi connectivity index (χ0) is 22.5. The lowest BCUT2D eigenvalue weighted by atomic mass is 9.94. The topological polar surface area (TPSA) is 82.6 Å². The zero-order valence-corrected chi connectivity index (χ0v) is 19.3. The fraction of sp³-hybridized carbons (Fsp3) is 0.542. The van der Waals surface area contributed by atoms with E-state index < -0.39 is 0 Å². The first-order valence-electron chi connectivity index (χ1n) is 11.6. The summed E-state index contributed by atoms with van der Waals surface area (Å²) >= 11 is 0. The molecular formula is C24H34N6O2. The molecule has 0 saturated carbocycles. The molecule has 2 aliphatic heterocycles. The van der Waals surface area contributed by atoms with Gasteiger partial charge in [-0.3, -0.25) is 9.80 Å². The van der Waals surface area contributed by atoms with Gasteiger partial charge in [-0.05, 0) is 30.4 Å². The molecule has 8 heteroatoms. The van der Waals surface area contributed by atoms with Crippen molar-refractivity contribution in [2.24, 2.45) is 5.92 Å². The quantitative estimate of drug-likeness (QED) is 0.652. The third-order valence-corrected chi connectivity index (χ3v) is 6.09. The molecule has 1 aromatic carbocycles. The first-order valence-corrected chi connectivity index (χ1v) is 11.6. The van der Waals surface area contributed by atoms with E-state index in [1.54, 1.807) is 6.20 Å². The van der Waals surface area contributed by atoms with Gasteiger partial charge in [0.15, 0.2) is 0 Å². The minimum atomic E-state index is -0.360. The molecule has 1 saturated heterocycles.